The highest BCUT2D eigenvalue weighted by molar-refractivity contribution is 5.77. The largest absolute Gasteiger partial charge is 0.481 e. The van der Waals surface area contributed by atoms with Gasteiger partial charge in [-0.1, -0.05) is 23.8 Å². The maximum atomic E-state index is 10.8. The monoisotopic (exact) mass is 238 g/mol. The number of carboxylic acid groups (broad SMARTS) is 1. The molecule has 0 saturated heterocycles. The molecule has 0 aromatic heterocycles. The van der Waals surface area contributed by atoms with Crippen molar-refractivity contribution in [3.63, 3.8) is 0 Å². The minimum absolute atomic E-state index is 0.243. The molecule has 5 nitrogen and oxygen atoms in total. The summed E-state index contributed by atoms with van der Waals surface area (Å²) in [5, 5.41) is 27.8. The summed E-state index contributed by atoms with van der Waals surface area (Å²) in [5.74, 6) is -1.21. The molecule has 1 aromatic rings. The Labute approximate surface area is 98.3 Å². The third kappa shape index (κ3) is 3.37. The number of aryl methyl sites for hydroxylation is 1. The van der Waals surface area contributed by atoms with Crippen LogP contribution in [-0.4, -0.2) is 33.7 Å². The van der Waals surface area contributed by atoms with Gasteiger partial charge in [0.2, 0.25) is 0 Å². The van der Waals surface area contributed by atoms with Crippen molar-refractivity contribution in [3.8, 4) is 0 Å². The Hall–Kier alpha value is -1.72. The van der Waals surface area contributed by atoms with Gasteiger partial charge in [0.1, 0.15) is 12.4 Å². The van der Waals surface area contributed by atoms with Gasteiger partial charge < -0.3 is 15.3 Å². The topological polar surface area (TPSA) is 94.8 Å². The third-order valence-electron chi connectivity index (χ3n) is 2.44. The first-order valence-corrected chi connectivity index (χ1v) is 5.09. The van der Waals surface area contributed by atoms with E-state index in [4.69, 9.17) is 5.11 Å². The second kappa shape index (κ2) is 5.56. The molecule has 0 saturated carbocycles. The first kappa shape index (κ1) is 13.3. The number of hydrogen-bond donors (Lipinski definition) is 3. The Balaban J connectivity index is 3.01. The molecule has 0 bridgehead atoms. The lowest BCUT2D eigenvalue weighted by molar-refractivity contribution is -0.141. The fourth-order valence-electron chi connectivity index (χ4n) is 1.56. The van der Waals surface area contributed by atoms with E-state index in [1.54, 1.807) is 19.1 Å². The van der Waals surface area contributed by atoms with E-state index in [1.165, 1.54) is 6.07 Å². The molecule has 92 valence electrons. The van der Waals surface area contributed by atoms with Gasteiger partial charge in [0.15, 0.2) is 0 Å². The zero-order valence-electron chi connectivity index (χ0n) is 9.33. The molecule has 17 heavy (non-hydrogen) atoms. The van der Waals surface area contributed by atoms with E-state index >= 15 is 0 Å². The summed E-state index contributed by atoms with van der Waals surface area (Å²) in [6.45, 7) is 1.77. The van der Waals surface area contributed by atoms with Crippen molar-refractivity contribution in [2.75, 3.05) is 0 Å². The summed E-state index contributed by atoms with van der Waals surface area (Å²) in [6, 6.07) is 4.78. The standard InChI is InChI=1S/C12H14O5/c1-7-2-3-8(6-13)9(4-7)12(17)10(14)5-11(15)16/h2-4,6,10,12,14,17H,5H2,1H3,(H,15,16). The van der Waals surface area contributed by atoms with Crippen LogP contribution in [0.2, 0.25) is 0 Å². The molecular formula is C12H14O5. The molecule has 0 radical (unpaired) electrons. The zero-order chi connectivity index (χ0) is 13.0. The van der Waals surface area contributed by atoms with Crippen molar-refractivity contribution in [2.45, 2.75) is 25.6 Å². The van der Waals surface area contributed by atoms with Crippen molar-refractivity contribution in [1.82, 2.24) is 0 Å². The number of aldehydes is 1. The number of aliphatic hydroxyl groups excluding tert-OH is 2. The minimum Gasteiger partial charge on any atom is -0.481 e. The van der Waals surface area contributed by atoms with Gasteiger partial charge in [-0.3, -0.25) is 9.59 Å². The number of carbonyl (C=O) groups excluding carboxylic acids is 1. The minimum atomic E-state index is -1.44. The molecular weight excluding hydrogens is 224 g/mol. The maximum absolute atomic E-state index is 10.8. The molecule has 5 heteroatoms. The Morgan fingerprint density at radius 2 is 2.06 bits per heavy atom. The lowest BCUT2D eigenvalue weighted by atomic mass is 9.96. The molecule has 0 aliphatic carbocycles. The SMILES string of the molecule is Cc1ccc(C=O)c(C(O)C(O)CC(=O)O)c1. The molecule has 2 unspecified atom stereocenters. The molecule has 3 N–H and O–H groups in total. The normalized spacial score (nSPS) is 14.1. The average Bonchev–Trinajstić information content (AvgIpc) is 2.27. The van der Waals surface area contributed by atoms with E-state index in [0.717, 1.165) is 5.56 Å². The molecule has 0 amide bonds. The molecule has 0 heterocycles. The van der Waals surface area contributed by atoms with E-state index in [0.29, 0.717) is 6.29 Å². The van der Waals surface area contributed by atoms with Crippen molar-refractivity contribution in [1.29, 1.82) is 0 Å². The van der Waals surface area contributed by atoms with Crippen LogP contribution in [0.1, 0.15) is 34.0 Å². The third-order valence-corrected chi connectivity index (χ3v) is 2.44. The van der Waals surface area contributed by atoms with E-state index in [1.807, 2.05) is 0 Å². The van der Waals surface area contributed by atoms with Crippen LogP contribution in [0.5, 0.6) is 0 Å². The second-order valence-electron chi connectivity index (χ2n) is 3.86. The Kier molecular flexibility index (Phi) is 4.37. The summed E-state index contributed by atoms with van der Waals surface area (Å²) in [7, 11) is 0. The van der Waals surface area contributed by atoms with Crippen molar-refractivity contribution in [3.05, 3.63) is 34.9 Å². The smallest absolute Gasteiger partial charge is 0.306 e. The van der Waals surface area contributed by atoms with Crippen molar-refractivity contribution in [2.24, 2.45) is 0 Å². The number of carboxylic acids is 1. The molecule has 1 aromatic carbocycles. The van der Waals surface area contributed by atoms with E-state index < -0.39 is 24.6 Å². The number of aliphatic carboxylic acids is 1. The lowest BCUT2D eigenvalue weighted by Crippen LogP contribution is -2.22. The van der Waals surface area contributed by atoms with Crippen LogP contribution in [0.4, 0.5) is 0 Å². The number of benzene rings is 1. The molecule has 0 aliphatic heterocycles. The fraction of sp³-hybridized carbons (Fsp3) is 0.333. The van der Waals surface area contributed by atoms with Gasteiger partial charge >= 0.3 is 5.97 Å². The van der Waals surface area contributed by atoms with Crippen LogP contribution >= 0.6 is 0 Å². The summed E-state index contributed by atoms with van der Waals surface area (Å²) in [4.78, 5) is 21.2. The van der Waals surface area contributed by atoms with Crippen LogP contribution in [0, 0.1) is 6.92 Å². The number of hydrogen-bond acceptors (Lipinski definition) is 4. The Morgan fingerprint density at radius 1 is 1.41 bits per heavy atom. The summed E-state index contributed by atoms with van der Waals surface area (Å²) in [5.41, 5.74) is 1.30. The average molecular weight is 238 g/mol. The maximum Gasteiger partial charge on any atom is 0.306 e. The molecule has 2 atom stereocenters. The van der Waals surface area contributed by atoms with E-state index in [9.17, 15) is 19.8 Å². The van der Waals surface area contributed by atoms with Crippen LogP contribution in [0.3, 0.4) is 0 Å². The van der Waals surface area contributed by atoms with Crippen LogP contribution in [0.15, 0.2) is 18.2 Å². The summed E-state index contributed by atoms with van der Waals surface area (Å²) < 4.78 is 0. The van der Waals surface area contributed by atoms with Crippen LogP contribution < -0.4 is 0 Å². The van der Waals surface area contributed by atoms with Gasteiger partial charge in [0.25, 0.3) is 0 Å². The Bertz CT molecular complexity index is 427. The van der Waals surface area contributed by atoms with Crippen LogP contribution in [0.25, 0.3) is 0 Å². The van der Waals surface area contributed by atoms with Gasteiger partial charge in [-0.25, -0.2) is 0 Å². The van der Waals surface area contributed by atoms with Gasteiger partial charge in [0.05, 0.1) is 12.5 Å². The van der Waals surface area contributed by atoms with Crippen LogP contribution in [-0.2, 0) is 4.79 Å². The first-order chi connectivity index (χ1) is 7.95. The quantitative estimate of drug-likeness (QED) is 0.655. The second-order valence-corrected chi connectivity index (χ2v) is 3.86. The number of aliphatic hydroxyl groups is 2. The van der Waals surface area contributed by atoms with Gasteiger partial charge in [-0.05, 0) is 12.5 Å². The molecule has 0 spiro atoms. The first-order valence-electron chi connectivity index (χ1n) is 5.09. The molecule has 0 aliphatic rings. The van der Waals surface area contributed by atoms with Gasteiger partial charge in [0, 0.05) is 5.56 Å². The highest BCUT2D eigenvalue weighted by atomic mass is 16.4. The zero-order valence-corrected chi connectivity index (χ0v) is 9.33. The van der Waals surface area contributed by atoms with Gasteiger partial charge in [-0.2, -0.15) is 0 Å². The summed E-state index contributed by atoms with van der Waals surface area (Å²) in [6.07, 6.45) is -2.84. The van der Waals surface area contributed by atoms with E-state index in [2.05, 4.69) is 0 Å². The Morgan fingerprint density at radius 3 is 2.59 bits per heavy atom. The molecule has 0 fully saturated rings. The predicted octanol–water partition coefficient (Wildman–Crippen LogP) is 0.677. The molecule has 1 rings (SSSR count). The highest BCUT2D eigenvalue weighted by Crippen LogP contribution is 2.23. The summed E-state index contributed by atoms with van der Waals surface area (Å²) >= 11 is 0. The van der Waals surface area contributed by atoms with Crippen molar-refractivity contribution < 1.29 is 24.9 Å². The number of carbonyl (C=O) groups is 2. The lowest BCUT2D eigenvalue weighted by Gasteiger charge is -2.18. The fourth-order valence-corrected chi connectivity index (χ4v) is 1.56. The number of rotatable bonds is 5. The highest BCUT2D eigenvalue weighted by Gasteiger charge is 2.23. The van der Waals surface area contributed by atoms with Gasteiger partial charge in [-0.15, -0.1) is 0 Å². The predicted molar refractivity (Wildman–Crippen MR) is 59.8 cm³/mol. The van der Waals surface area contributed by atoms with E-state index in [-0.39, 0.29) is 11.1 Å². The van der Waals surface area contributed by atoms with Crippen molar-refractivity contribution >= 4 is 12.3 Å².